The molecular formula is C13H12F3NO3. The van der Waals surface area contributed by atoms with Crippen molar-refractivity contribution in [3.63, 3.8) is 0 Å². The number of carboxylic acids is 1. The van der Waals surface area contributed by atoms with Crippen LogP contribution in [0.3, 0.4) is 0 Å². The molecule has 0 saturated heterocycles. The second kappa shape index (κ2) is 5.52. The van der Waals surface area contributed by atoms with Gasteiger partial charge in [0.15, 0.2) is 0 Å². The molecule has 1 amide bonds. The number of nitrogens with zero attached hydrogens (tertiary/aromatic N) is 1. The van der Waals surface area contributed by atoms with Crippen LogP contribution >= 0.6 is 0 Å². The molecule has 7 heteroatoms. The van der Waals surface area contributed by atoms with Crippen molar-refractivity contribution in [3.8, 4) is 0 Å². The highest BCUT2D eigenvalue weighted by Gasteiger charge is 2.31. The first kappa shape index (κ1) is 14.4. The molecule has 1 fully saturated rings. The van der Waals surface area contributed by atoms with Crippen molar-refractivity contribution < 1.29 is 27.9 Å². The average Bonchev–Trinajstić information content (AvgIpc) is 3.09. The molecule has 0 bridgehead atoms. The van der Waals surface area contributed by atoms with Gasteiger partial charge in [0, 0.05) is 18.7 Å². The predicted molar refractivity (Wildman–Crippen MR) is 62.6 cm³/mol. The van der Waals surface area contributed by atoms with E-state index in [1.165, 1.54) is 0 Å². The third-order valence-corrected chi connectivity index (χ3v) is 3.01. The van der Waals surface area contributed by atoms with E-state index in [4.69, 9.17) is 5.11 Å². The summed E-state index contributed by atoms with van der Waals surface area (Å²) in [6.45, 7) is -0.521. The number of carboxylic acid groups (broad SMARTS) is 1. The minimum Gasteiger partial charge on any atom is -0.480 e. The van der Waals surface area contributed by atoms with Crippen LogP contribution in [-0.2, 0) is 4.79 Å². The highest BCUT2D eigenvalue weighted by molar-refractivity contribution is 5.96. The third-order valence-electron chi connectivity index (χ3n) is 3.01. The summed E-state index contributed by atoms with van der Waals surface area (Å²) in [6, 6.07) is 0.790. The fourth-order valence-electron chi connectivity index (χ4n) is 1.90. The maximum atomic E-state index is 13.5. The summed E-state index contributed by atoms with van der Waals surface area (Å²) < 4.78 is 39.9. The summed E-state index contributed by atoms with van der Waals surface area (Å²) in [7, 11) is 0. The Bertz CT molecular complexity index is 535. The molecule has 4 nitrogen and oxygen atoms in total. The van der Waals surface area contributed by atoms with Crippen molar-refractivity contribution in [1.82, 2.24) is 4.90 Å². The van der Waals surface area contributed by atoms with Crippen LogP contribution in [0.4, 0.5) is 13.2 Å². The monoisotopic (exact) mass is 287 g/mol. The normalized spacial score (nSPS) is 14.2. The van der Waals surface area contributed by atoms with Crippen LogP contribution in [0.15, 0.2) is 12.1 Å². The Morgan fingerprint density at radius 1 is 1.20 bits per heavy atom. The molecule has 0 unspecified atom stereocenters. The van der Waals surface area contributed by atoms with Gasteiger partial charge in [0.2, 0.25) is 0 Å². The summed E-state index contributed by atoms with van der Waals surface area (Å²) in [4.78, 5) is 23.7. The number of benzene rings is 1. The molecule has 0 heterocycles. The number of aliphatic carboxylic acids is 1. The van der Waals surface area contributed by atoms with Gasteiger partial charge in [-0.25, -0.2) is 13.2 Å². The topological polar surface area (TPSA) is 57.6 Å². The minimum absolute atomic E-state index is 0.126. The molecule has 1 aliphatic rings. The maximum Gasteiger partial charge on any atom is 0.323 e. The molecule has 2 rings (SSSR count). The lowest BCUT2D eigenvalue weighted by Crippen LogP contribution is -2.38. The van der Waals surface area contributed by atoms with Crippen LogP contribution in [0.25, 0.3) is 0 Å². The Morgan fingerprint density at radius 3 is 2.20 bits per heavy atom. The summed E-state index contributed by atoms with van der Waals surface area (Å²) in [5.41, 5.74) is -0.923. The first-order valence-corrected chi connectivity index (χ1v) is 6.04. The Labute approximate surface area is 112 Å². The van der Waals surface area contributed by atoms with Crippen molar-refractivity contribution in [2.24, 2.45) is 5.92 Å². The molecule has 0 aromatic heterocycles. The highest BCUT2D eigenvalue weighted by Crippen LogP contribution is 2.30. The first-order valence-electron chi connectivity index (χ1n) is 6.04. The summed E-state index contributed by atoms with van der Waals surface area (Å²) in [5, 5.41) is 8.75. The Balaban J connectivity index is 2.28. The summed E-state index contributed by atoms with van der Waals surface area (Å²) >= 11 is 0. The highest BCUT2D eigenvalue weighted by atomic mass is 19.1. The molecule has 0 aliphatic heterocycles. The number of hydrogen-bond acceptors (Lipinski definition) is 2. The van der Waals surface area contributed by atoms with E-state index >= 15 is 0 Å². The molecule has 20 heavy (non-hydrogen) atoms. The zero-order valence-electron chi connectivity index (χ0n) is 10.4. The number of amides is 1. The van der Waals surface area contributed by atoms with Crippen LogP contribution in [0.2, 0.25) is 0 Å². The van der Waals surface area contributed by atoms with E-state index in [1.807, 2.05) is 0 Å². The van der Waals surface area contributed by atoms with E-state index in [0.717, 1.165) is 17.7 Å². The van der Waals surface area contributed by atoms with Gasteiger partial charge in [0.1, 0.15) is 29.6 Å². The van der Waals surface area contributed by atoms with Gasteiger partial charge in [-0.3, -0.25) is 9.59 Å². The zero-order valence-corrected chi connectivity index (χ0v) is 10.4. The van der Waals surface area contributed by atoms with Gasteiger partial charge in [-0.15, -0.1) is 0 Å². The molecule has 1 aliphatic carbocycles. The maximum absolute atomic E-state index is 13.5. The van der Waals surface area contributed by atoms with Crippen molar-refractivity contribution in [2.45, 2.75) is 12.8 Å². The van der Waals surface area contributed by atoms with Gasteiger partial charge in [-0.2, -0.15) is 0 Å². The predicted octanol–water partition coefficient (Wildman–Crippen LogP) is 2.04. The van der Waals surface area contributed by atoms with Gasteiger partial charge < -0.3 is 10.0 Å². The molecule has 1 aromatic rings. The summed E-state index contributed by atoms with van der Waals surface area (Å²) in [5.74, 6) is -6.00. The average molecular weight is 287 g/mol. The van der Waals surface area contributed by atoms with Crippen LogP contribution in [0.1, 0.15) is 23.2 Å². The first-order chi connectivity index (χ1) is 9.38. The lowest BCUT2D eigenvalue weighted by molar-refractivity contribution is -0.137. The second-order valence-corrected chi connectivity index (χ2v) is 4.77. The number of carbonyl (C=O) groups is 2. The van der Waals surface area contributed by atoms with Crippen LogP contribution in [-0.4, -0.2) is 35.0 Å². The molecule has 108 valence electrons. The van der Waals surface area contributed by atoms with E-state index in [-0.39, 0.29) is 12.5 Å². The molecule has 0 radical (unpaired) electrons. The Kier molecular flexibility index (Phi) is 3.96. The Morgan fingerprint density at radius 2 is 1.75 bits per heavy atom. The standard InChI is InChI=1S/C13H12F3NO3/c14-8-3-9(15)12(10(16)4-8)13(20)17(6-11(18)19)5-7-1-2-7/h3-4,7H,1-2,5-6H2,(H,18,19). The van der Waals surface area contributed by atoms with E-state index in [0.29, 0.717) is 12.1 Å². The third kappa shape index (κ3) is 3.28. The van der Waals surface area contributed by atoms with E-state index in [1.54, 1.807) is 0 Å². The lowest BCUT2D eigenvalue weighted by Gasteiger charge is -2.21. The molecule has 1 saturated carbocycles. The number of rotatable bonds is 5. The van der Waals surface area contributed by atoms with Crippen molar-refractivity contribution >= 4 is 11.9 Å². The van der Waals surface area contributed by atoms with Crippen molar-refractivity contribution in [1.29, 1.82) is 0 Å². The van der Waals surface area contributed by atoms with E-state index in [9.17, 15) is 22.8 Å². The van der Waals surface area contributed by atoms with Gasteiger partial charge >= 0.3 is 5.97 Å². The molecule has 0 atom stereocenters. The molecule has 0 spiro atoms. The van der Waals surface area contributed by atoms with Crippen molar-refractivity contribution in [2.75, 3.05) is 13.1 Å². The van der Waals surface area contributed by atoms with Gasteiger partial charge in [0.05, 0.1) is 0 Å². The Hall–Kier alpha value is -2.05. The van der Waals surface area contributed by atoms with Crippen molar-refractivity contribution in [3.05, 3.63) is 35.1 Å². The number of carbonyl (C=O) groups excluding carboxylic acids is 1. The fourth-order valence-corrected chi connectivity index (χ4v) is 1.90. The number of halogens is 3. The molecular weight excluding hydrogens is 275 g/mol. The van der Waals surface area contributed by atoms with Crippen LogP contribution in [0.5, 0.6) is 0 Å². The fraction of sp³-hybridized carbons (Fsp3) is 0.385. The van der Waals surface area contributed by atoms with Gasteiger partial charge in [-0.05, 0) is 18.8 Å². The van der Waals surface area contributed by atoms with Crippen LogP contribution in [0, 0.1) is 23.4 Å². The zero-order chi connectivity index (χ0) is 14.9. The van der Waals surface area contributed by atoms with E-state index in [2.05, 4.69) is 0 Å². The second-order valence-electron chi connectivity index (χ2n) is 4.77. The van der Waals surface area contributed by atoms with Gasteiger partial charge in [0.25, 0.3) is 5.91 Å². The smallest absolute Gasteiger partial charge is 0.323 e. The minimum atomic E-state index is -1.33. The van der Waals surface area contributed by atoms with E-state index < -0.39 is 41.4 Å². The largest absolute Gasteiger partial charge is 0.480 e. The van der Waals surface area contributed by atoms with Gasteiger partial charge in [-0.1, -0.05) is 0 Å². The number of hydrogen-bond donors (Lipinski definition) is 1. The SMILES string of the molecule is O=C(O)CN(CC1CC1)C(=O)c1c(F)cc(F)cc1F. The quantitative estimate of drug-likeness (QED) is 0.901. The molecule has 1 aromatic carbocycles. The molecule has 1 N–H and O–H groups in total. The van der Waals surface area contributed by atoms with Crippen LogP contribution < -0.4 is 0 Å². The summed E-state index contributed by atoms with van der Waals surface area (Å²) in [6.07, 6.45) is 1.69. The lowest BCUT2D eigenvalue weighted by atomic mass is 10.1.